The van der Waals surface area contributed by atoms with Crippen molar-refractivity contribution in [2.75, 3.05) is 20.1 Å². The predicted molar refractivity (Wildman–Crippen MR) is 109 cm³/mol. The second-order valence-corrected chi connectivity index (χ2v) is 7.16. The van der Waals surface area contributed by atoms with Gasteiger partial charge in [-0.15, -0.1) is 0 Å². The van der Waals surface area contributed by atoms with Crippen LogP contribution in [0.2, 0.25) is 0 Å². The summed E-state index contributed by atoms with van der Waals surface area (Å²) in [5.41, 5.74) is 1.74. The fourth-order valence-corrected chi connectivity index (χ4v) is 3.45. The number of nitrogens with one attached hydrogen (secondary N) is 1. The highest BCUT2D eigenvalue weighted by atomic mass is 16.4. The van der Waals surface area contributed by atoms with Gasteiger partial charge in [0.2, 0.25) is 0 Å². The molecular weight excluding hydrogens is 370 g/mol. The molecular formula is C22H25N3O4. The maximum absolute atomic E-state index is 12.5. The van der Waals surface area contributed by atoms with Gasteiger partial charge in [-0.3, -0.25) is 4.79 Å². The molecule has 2 aromatic rings. The van der Waals surface area contributed by atoms with Crippen molar-refractivity contribution in [3.63, 3.8) is 0 Å². The van der Waals surface area contributed by atoms with Crippen LogP contribution in [0, 0.1) is 0 Å². The standard InChI is InChI=1S/C22H25N3O4/c1-24(22(29)23-15-16-7-9-18(10-8-16)21(27)28)19-11-13-25(14-12-19)20(26)17-5-3-2-4-6-17/h2-10,19H,11-15H2,1H3,(H,23,29)(H,27,28). The number of hydrogen-bond donors (Lipinski definition) is 2. The molecule has 29 heavy (non-hydrogen) atoms. The van der Waals surface area contributed by atoms with Gasteiger partial charge in [0.25, 0.3) is 5.91 Å². The first kappa shape index (κ1) is 20.4. The summed E-state index contributed by atoms with van der Waals surface area (Å²) in [5.74, 6) is -0.946. The van der Waals surface area contributed by atoms with Crippen LogP contribution in [0.1, 0.15) is 39.1 Å². The molecule has 1 heterocycles. The van der Waals surface area contributed by atoms with Crippen LogP contribution >= 0.6 is 0 Å². The molecule has 0 radical (unpaired) electrons. The Morgan fingerprint density at radius 3 is 2.21 bits per heavy atom. The van der Waals surface area contributed by atoms with Crippen molar-refractivity contribution in [1.82, 2.24) is 15.1 Å². The number of carbonyl (C=O) groups is 3. The number of urea groups is 1. The van der Waals surface area contributed by atoms with Gasteiger partial charge in [0.1, 0.15) is 0 Å². The van der Waals surface area contributed by atoms with Crippen molar-refractivity contribution in [2.45, 2.75) is 25.4 Å². The van der Waals surface area contributed by atoms with Gasteiger partial charge in [-0.25, -0.2) is 9.59 Å². The third kappa shape index (κ3) is 5.13. The third-order valence-electron chi connectivity index (χ3n) is 5.29. The lowest BCUT2D eigenvalue weighted by Gasteiger charge is -2.36. The molecule has 1 aliphatic rings. The second-order valence-electron chi connectivity index (χ2n) is 7.16. The van der Waals surface area contributed by atoms with E-state index in [-0.39, 0.29) is 23.5 Å². The van der Waals surface area contributed by atoms with Gasteiger partial charge < -0.3 is 20.2 Å². The number of carbonyl (C=O) groups excluding carboxylic acids is 2. The number of rotatable bonds is 5. The van der Waals surface area contributed by atoms with Crippen LogP contribution in [-0.2, 0) is 6.54 Å². The van der Waals surface area contributed by atoms with E-state index in [0.29, 0.717) is 25.2 Å². The summed E-state index contributed by atoms with van der Waals surface area (Å²) in [6.07, 6.45) is 1.46. The lowest BCUT2D eigenvalue weighted by Crippen LogP contribution is -2.49. The zero-order valence-corrected chi connectivity index (χ0v) is 16.4. The topological polar surface area (TPSA) is 89.9 Å². The first-order chi connectivity index (χ1) is 14.0. The average molecular weight is 395 g/mol. The zero-order chi connectivity index (χ0) is 20.8. The number of likely N-dealkylation sites (tertiary alicyclic amines) is 1. The zero-order valence-electron chi connectivity index (χ0n) is 16.4. The lowest BCUT2D eigenvalue weighted by atomic mass is 10.0. The Balaban J connectivity index is 1.47. The number of hydrogen-bond acceptors (Lipinski definition) is 3. The summed E-state index contributed by atoms with van der Waals surface area (Å²) in [7, 11) is 1.77. The van der Waals surface area contributed by atoms with Crippen molar-refractivity contribution >= 4 is 17.9 Å². The molecule has 2 aromatic carbocycles. The number of carboxylic acid groups (broad SMARTS) is 1. The Bertz CT molecular complexity index is 859. The molecule has 0 aliphatic carbocycles. The van der Waals surface area contributed by atoms with E-state index < -0.39 is 5.97 Å². The van der Waals surface area contributed by atoms with Gasteiger partial charge in [0, 0.05) is 38.3 Å². The average Bonchev–Trinajstić information content (AvgIpc) is 2.77. The van der Waals surface area contributed by atoms with Gasteiger partial charge in [-0.1, -0.05) is 30.3 Å². The van der Waals surface area contributed by atoms with Gasteiger partial charge in [-0.2, -0.15) is 0 Å². The van der Waals surface area contributed by atoms with Gasteiger partial charge in [0.15, 0.2) is 0 Å². The van der Waals surface area contributed by atoms with E-state index in [2.05, 4.69) is 5.32 Å². The summed E-state index contributed by atoms with van der Waals surface area (Å²) >= 11 is 0. The number of aromatic carboxylic acids is 1. The van der Waals surface area contributed by atoms with Crippen molar-refractivity contribution in [3.8, 4) is 0 Å². The highest BCUT2D eigenvalue weighted by Gasteiger charge is 2.27. The maximum Gasteiger partial charge on any atom is 0.335 e. The molecule has 0 unspecified atom stereocenters. The molecule has 3 amide bonds. The molecule has 1 saturated heterocycles. The van der Waals surface area contributed by atoms with Crippen LogP contribution in [0.5, 0.6) is 0 Å². The van der Waals surface area contributed by atoms with Crippen LogP contribution in [-0.4, -0.2) is 59.0 Å². The van der Waals surface area contributed by atoms with Crippen molar-refractivity contribution < 1.29 is 19.5 Å². The van der Waals surface area contributed by atoms with Crippen molar-refractivity contribution in [3.05, 3.63) is 71.3 Å². The largest absolute Gasteiger partial charge is 0.478 e. The Kier molecular flexibility index (Phi) is 6.49. The molecule has 0 aromatic heterocycles. The molecule has 0 atom stereocenters. The molecule has 0 saturated carbocycles. The molecule has 1 fully saturated rings. The first-order valence-electron chi connectivity index (χ1n) is 9.63. The number of benzene rings is 2. The smallest absolute Gasteiger partial charge is 0.335 e. The monoisotopic (exact) mass is 395 g/mol. The predicted octanol–water partition coefficient (Wildman–Crippen LogP) is 2.83. The van der Waals surface area contributed by atoms with Crippen LogP contribution in [0.25, 0.3) is 0 Å². The minimum Gasteiger partial charge on any atom is -0.478 e. The van der Waals surface area contributed by atoms with Crippen LogP contribution in [0.4, 0.5) is 4.79 Å². The number of nitrogens with zero attached hydrogens (tertiary/aromatic N) is 2. The van der Waals surface area contributed by atoms with E-state index in [9.17, 15) is 14.4 Å². The van der Waals surface area contributed by atoms with Crippen LogP contribution in [0.15, 0.2) is 54.6 Å². The molecule has 0 bridgehead atoms. The summed E-state index contributed by atoms with van der Waals surface area (Å²) in [5, 5.41) is 11.8. The highest BCUT2D eigenvalue weighted by Crippen LogP contribution is 2.18. The van der Waals surface area contributed by atoms with E-state index in [1.165, 1.54) is 12.1 Å². The normalized spacial score (nSPS) is 14.3. The van der Waals surface area contributed by atoms with E-state index in [1.54, 1.807) is 24.1 Å². The van der Waals surface area contributed by atoms with E-state index >= 15 is 0 Å². The van der Waals surface area contributed by atoms with E-state index in [4.69, 9.17) is 5.11 Å². The highest BCUT2D eigenvalue weighted by molar-refractivity contribution is 5.94. The Labute approximate surface area is 169 Å². The summed E-state index contributed by atoms with van der Waals surface area (Å²) in [6, 6.07) is 15.5. The van der Waals surface area contributed by atoms with E-state index in [1.807, 2.05) is 35.2 Å². The summed E-state index contributed by atoms with van der Waals surface area (Å²) < 4.78 is 0. The minimum atomic E-state index is -0.975. The molecule has 7 nitrogen and oxygen atoms in total. The number of carboxylic acids is 1. The Hall–Kier alpha value is -3.35. The summed E-state index contributed by atoms with van der Waals surface area (Å²) in [6.45, 7) is 1.56. The third-order valence-corrected chi connectivity index (χ3v) is 5.29. The number of piperidine rings is 1. The minimum absolute atomic E-state index is 0.0287. The fourth-order valence-electron chi connectivity index (χ4n) is 3.45. The lowest BCUT2D eigenvalue weighted by molar-refractivity contribution is 0.0664. The summed E-state index contributed by atoms with van der Waals surface area (Å²) in [4.78, 5) is 39.4. The molecule has 1 aliphatic heterocycles. The molecule has 7 heteroatoms. The van der Waals surface area contributed by atoms with Gasteiger partial charge in [0.05, 0.1) is 5.56 Å². The molecule has 152 valence electrons. The first-order valence-corrected chi connectivity index (χ1v) is 9.63. The van der Waals surface area contributed by atoms with E-state index in [0.717, 1.165) is 18.4 Å². The molecule has 2 N–H and O–H groups in total. The SMILES string of the molecule is CN(C(=O)NCc1ccc(C(=O)O)cc1)C1CCN(C(=O)c2ccccc2)CC1. The van der Waals surface area contributed by atoms with Crippen molar-refractivity contribution in [1.29, 1.82) is 0 Å². The number of amides is 3. The van der Waals surface area contributed by atoms with Crippen molar-refractivity contribution in [2.24, 2.45) is 0 Å². The fraction of sp³-hybridized carbons (Fsp3) is 0.318. The Morgan fingerprint density at radius 2 is 1.62 bits per heavy atom. The van der Waals surface area contributed by atoms with Crippen LogP contribution < -0.4 is 5.32 Å². The molecule has 0 spiro atoms. The van der Waals surface area contributed by atoms with Gasteiger partial charge in [-0.05, 0) is 42.7 Å². The second kappa shape index (κ2) is 9.23. The molecule has 3 rings (SSSR count). The Morgan fingerprint density at radius 1 is 1.00 bits per heavy atom. The quantitative estimate of drug-likeness (QED) is 0.815. The van der Waals surface area contributed by atoms with Gasteiger partial charge >= 0.3 is 12.0 Å². The maximum atomic E-state index is 12.5. The van der Waals surface area contributed by atoms with Crippen LogP contribution in [0.3, 0.4) is 0 Å².